The van der Waals surface area contributed by atoms with Gasteiger partial charge in [-0.3, -0.25) is 9.59 Å². The number of ether oxygens (including phenoxy) is 1. The van der Waals surface area contributed by atoms with Gasteiger partial charge in [0.15, 0.2) is 0 Å². The highest BCUT2D eigenvalue weighted by atomic mass is 16.5. The molecular weight excluding hydrogens is 268 g/mol. The monoisotopic (exact) mass is 294 g/mol. The van der Waals surface area contributed by atoms with Crippen LogP contribution in [-0.2, 0) is 14.3 Å². The first kappa shape index (κ1) is 14.8. The number of hydrogen-bond donors (Lipinski definition) is 1. The Morgan fingerprint density at radius 2 is 2.10 bits per heavy atom. The molecule has 0 aromatic rings. The molecule has 3 rings (SSSR count). The molecule has 0 aromatic heterocycles. The summed E-state index contributed by atoms with van der Waals surface area (Å²) < 4.78 is 5.63. The minimum absolute atomic E-state index is 0.0334. The van der Waals surface area contributed by atoms with Crippen LogP contribution in [0.25, 0.3) is 0 Å². The molecule has 1 saturated carbocycles. The second kappa shape index (κ2) is 6.34. The van der Waals surface area contributed by atoms with Gasteiger partial charge in [-0.2, -0.15) is 0 Å². The summed E-state index contributed by atoms with van der Waals surface area (Å²) in [7, 11) is 0. The lowest BCUT2D eigenvalue weighted by atomic mass is 10.0. The van der Waals surface area contributed by atoms with Crippen molar-refractivity contribution in [2.24, 2.45) is 5.92 Å². The SMILES string of the molecule is CCC1C(=O)NC(C2CC2)C(=O)N1CCCC1CCCO1. The second-order valence-electron chi connectivity index (χ2n) is 6.56. The summed E-state index contributed by atoms with van der Waals surface area (Å²) in [6.45, 7) is 3.53. The van der Waals surface area contributed by atoms with E-state index in [1.54, 1.807) is 0 Å². The third kappa shape index (κ3) is 3.23. The summed E-state index contributed by atoms with van der Waals surface area (Å²) in [6.07, 6.45) is 7.39. The molecule has 2 saturated heterocycles. The van der Waals surface area contributed by atoms with Crippen LogP contribution in [0, 0.1) is 5.92 Å². The Hall–Kier alpha value is -1.10. The summed E-state index contributed by atoms with van der Waals surface area (Å²) in [5.74, 6) is 0.544. The molecular formula is C16H26N2O3. The Morgan fingerprint density at radius 3 is 2.71 bits per heavy atom. The number of piperazine rings is 1. The molecule has 2 heterocycles. The van der Waals surface area contributed by atoms with Gasteiger partial charge in [-0.25, -0.2) is 0 Å². The third-order valence-electron chi connectivity index (χ3n) is 4.95. The number of rotatable bonds is 6. The van der Waals surface area contributed by atoms with Gasteiger partial charge in [0.05, 0.1) is 6.10 Å². The van der Waals surface area contributed by atoms with E-state index in [2.05, 4.69) is 5.32 Å². The van der Waals surface area contributed by atoms with Gasteiger partial charge in [-0.15, -0.1) is 0 Å². The number of nitrogens with one attached hydrogen (secondary N) is 1. The van der Waals surface area contributed by atoms with Crippen molar-refractivity contribution in [3.63, 3.8) is 0 Å². The molecule has 1 N–H and O–H groups in total. The van der Waals surface area contributed by atoms with Gasteiger partial charge in [0.2, 0.25) is 11.8 Å². The summed E-state index contributed by atoms with van der Waals surface area (Å²) in [6, 6.07) is -0.542. The number of nitrogens with zero attached hydrogens (tertiary/aromatic N) is 1. The topological polar surface area (TPSA) is 58.6 Å². The molecule has 3 atom stereocenters. The Kier molecular flexibility index (Phi) is 4.48. The van der Waals surface area contributed by atoms with Crippen LogP contribution in [0.1, 0.15) is 51.9 Å². The van der Waals surface area contributed by atoms with Crippen molar-refractivity contribution < 1.29 is 14.3 Å². The van der Waals surface area contributed by atoms with Crippen molar-refractivity contribution in [1.82, 2.24) is 10.2 Å². The number of carbonyl (C=O) groups excluding carboxylic acids is 2. The van der Waals surface area contributed by atoms with E-state index in [1.165, 1.54) is 0 Å². The molecule has 21 heavy (non-hydrogen) atoms. The maximum atomic E-state index is 12.6. The van der Waals surface area contributed by atoms with E-state index in [0.29, 0.717) is 25.0 Å². The Labute approximate surface area is 126 Å². The Bertz CT molecular complexity index is 402. The number of carbonyl (C=O) groups is 2. The molecule has 0 aromatic carbocycles. The lowest BCUT2D eigenvalue weighted by Gasteiger charge is -2.39. The lowest BCUT2D eigenvalue weighted by molar-refractivity contribution is -0.150. The highest BCUT2D eigenvalue weighted by molar-refractivity contribution is 5.97. The zero-order chi connectivity index (χ0) is 14.8. The van der Waals surface area contributed by atoms with E-state index in [9.17, 15) is 9.59 Å². The molecule has 3 fully saturated rings. The largest absolute Gasteiger partial charge is 0.378 e. The zero-order valence-corrected chi connectivity index (χ0v) is 12.8. The van der Waals surface area contributed by atoms with Crippen LogP contribution in [0.4, 0.5) is 0 Å². The van der Waals surface area contributed by atoms with Crippen molar-refractivity contribution >= 4 is 11.8 Å². The van der Waals surface area contributed by atoms with Crippen LogP contribution in [0.5, 0.6) is 0 Å². The minimum Gasteiger partial charge on any atom is -0.378 e. The molecule has 0 radical (unpaired) electrons. The fourth-order valence-corrected chi connectivity index (χ4v) is 3.57. The first-order valence-electron chi connectivity index (χ1n) is 8.43. The van der Waals surface area contributed by atoms with Gasteiger partial charge in [0.1, 0.15) is 12.1 Å². The van der Waals surface area contributed by atoms with Crippen molar-refractivity contribution in [2.75, 3.05) is 13.2 Å². The highest BCUT2D eigenvalue weighted by Crippen LogP contribution is 2.35. The van der Waals surface area contributed by atoms with Gasteiger partial charge in [-0.1, -0.05) is 6.92 Å². The van der Waals surface area contributed by atoms with Gasteiger partial charge in [-0.05, 0) is 50.9 Å². The first-order valence-corrected chi connectivity index (χ1v) is 8.43. The minimum atomic E-state index is -0.281. The van der Waals surface area contributed by atoms with Gasteiger partial charge >= 0.3 is 0 Å². The zero-order valence-electron chi connectivity index (χ0n) is 12.8. The summed E-state index contributed by atoms with van der Waals surface area (Å²) in [5.41, 5.74) is 0. The summed E-state index contributed by atoms with van der Waals surface area (Å²) >= 11 is 0. The molecule has 2 aliphatic heterocycles. The molecule has 1 aliphatic carbocycles. The van der Waals surface area contributed by atoms with E-state index in [-0.39, 0.29) is 23.9 Å². The Balaban J connectivity index is 1.58. The van der Waals surface area contributed by atoms with E-state index in [1.807, 2.05) is 11.8 Å². The lowest BCUT2D eigenvalue weighted by Crippen LogP contribution is -2.63. The van der Waals surface area contributed by atoms with Crippen molar-refractivity contribution in [1.29, 1.82) is 0 Å². The van der Waals surface area contributed by atoms with Gasteiger partial charge < -0.3 is 15.0 Å². The molecule has 3 unspecified atom stereocenters. The van der Waals surface area contributed by atoms with Gasteiger partial charge in [0.25, 0.3) is 0 Å². The van der Waals surface area contributed by atoms with Crippen molar-refractivity contribution in [3.8, 4) is 0 Å². The predicted molar refractivity (Wildman–Crippen MR) is 78.7 cm³/mol. The average molecular weight is 294 g/mol. The molecule has 3 aliphatic rings. The number of hydrogen-bond acceptors (Lipinski definition) is 3. The van der Waals surface area contributed by atoms with E-state index in [4.69, 9.17) is 4.74 Å². The molecule has 0 bridgehead atoms. The van der Waals surface area contributed by atoms with Gasteiger partial charge in [0, 0.05) is 13.2 Å². The van der Waals surface area contributed by atoms with Crippen LogP contribution < -0.4 is 5.32 Å². The van der Waals surface area contributed by atoms with E-state index in [0.717, 1.165) is 45.1 Å². The molecule has 0 spiro atoms. The maximum Gasteiger partial charge on any atom is 0.246 e. The standard InChI is InChI=1S/C16H26N2O3/c1-2-13-15(19)17-14(11-7-8-11)16(20)18(13)9-3-5-12-6-4-10-21-12/h11-14H,2-10H2,1H3,(H,17,19). The third-order valence-corrected chi connectivity index (χ3v) is 4.95. The fraction of sp³-hybridized carbons (Fsp3) is 0.875. The summed E-state index contributed by atoms with van der Waals surface area (Å²) in [4.78, 5) is 26.7. The van der Waals surface area contributed by atoms with Crippen LogP contribution in [0.2, 0.25) is 0 Å². The molecule has 118 valence electrons. The number of amides is 2. The molecule has 2 amide bonds. The highest BCUT2D eigenvalue weighted by Gasteiger charge is 2.46. The van der Waals surface area contributed by atoms with Crippen LogP contribution in [0.15, 0.2) is 0 Å². The average Bonchev–Trinajstić information content (AvgIpc) is 3.19. The van der Waals surface area contributed by atoms with Crippen molar-refractivity contribution in [3.05, 3.63) is 0 Å². The van der Waals surface area contributed by atoms with E-state index >= 15 is 0 Å². The summed E-state index contributed by atoms with van der Waals surface area (Å²) in [5, 5.41) is 2.94. The quantitative estimate of drug-likeness (QED) is 0.807. The normalized spacial score (nSPS) is 33.4. The van der Waals surface area contributed by atoms with Crippen LogP contribution >= 0.6 is 0 Å². The Morgan fingerprint density at radius 1 is 1.29 bits per heavy atom. The second-order valence-corrected chi connectivity index (χ2v) is 6.56. The maximum absolute atomic E-state index is 12.6. The smallest absolute Gasteiger partial charge is 0.246 e. The van der Waals surface area contributed by atoms with Crippen LogP contribution in [0.3, 0.4) is 0 Å². The molecule has 5 heteroatoms. The fourth-order valence-electron chi connectivity index (χ4n) is 3.57. The van der Waals surface area contributed by atoms with Crippen molar-refractivity contribution in [2.45, 2.75) is 70.1 Å². The molecule has 5 nitrogen and oxygen atoms in total. The first-order chi connectivity index (χ1) is 10.2. The van der Waals surface area contributed by atoms with Crippen LogP contribution in [-0.4, -0.2) is 48.1 Å². The predicted octanol–water partition coefficient (Wildman–Crippen LogP) is 1.46. The van der Waals surface area contributed by atoms with E-state index < -0.39 is 0 Å².